The molecule has 0 radical (unpaired) electrons. The average molecular weight is 204 g/mol. The second-order valence-corrected chi connectivity index (χ2v) is 4.16. The zero-order valence-corrected chi connectivity index (χ0v) is 9.25. The topological polar surface area (TPSA) is 26.3 Å². The fourth-order valence-electron chi connectivity index (χ4n) is 2.20. The first kappa shape index (κ1) is 10.4. The molecule has 2 nitrogen and oxygen atoms in total. The van der Waals surface area contributed by atoms with E-state index < -0.39 is 0 Å². The lowest BCUT2D eigenvalue weighted by Crippen LogP contribution is -2.20. The second kappa shape index (κ2) is 4.15. The Hall–Kier alpha value is -1.15. The molecular weight excluding hydrogens is 188 g/mol. The van der Waals surface area contributed by atoms with E-state index in [-0.39, 0.29) is 6.10 Å². The number of carbonyl (C=O) groups excluding carboxylic acids is 1. The normalized spacial score (nSPS) is 21.7. The number of benzene rings is 1. The highest BCUT2D eigenvalue weighted by Crippen LogP contribution is 2.30. The number of Topliss-reactive ketones (excluding diaryl/α,β-unsaturated/α-hetero) is 1. The van der Waals surface area contributed by atoms with Crippen molar-refractivity contribution in [1.82, 2.24) is 0 Å². The van der Waals surface area contributed by atoms with Gasteiger partial charge in [-0.05, 0) is 30.5 Å². The molecule has 0 N–H and O–H groups in total. The third-order valence-corrected chi connectivity index (χ3v) is 2.98. The van der Waals surface area contributed by atoms with Gasteiger partial charge in [0.15, 0.2) is 0 Å². The summed E-state index contributed by atoms with van der Waals surface area (Å²) in [4.78, 5) is 11.4. The lowest BCUT2D eigenvalue weighted by Gasteiger charge is -2.25. The van der Waals surface area contributed by atoms with Crippen molar-refractivity contribution < 1.29 is 9.53 Å². The van der Waals surface area contributed by atoms with Gasteiger partial charge in [-0.15, -0.1) is 0 Å². The van der Waals surface area contributed by atoms with Gasteiger partial charge in [0, 0.05) is 12.8 Å². The Morgan fingerprint density at radius 3 is 2.53 bits per heavy atom. The molecule has 1 saturated heterocycles. The quantitative estimate of drug-likeness (QED) is 0.703. The van der Waals surface area contributed by atoms with Crippen LogP contribution in [-0.2, 0) is 9.53 Å². The van der Waals surface area contributed by atoms with Gasteiger partial charge in [-0.3, -0.25) is 4.79 Å². The number of hydrogen-bond donors (Lipinski definition) is 0. The Morgan fingerprint density at radius 2 is 1.93 bits per heavy atom. The van der Waals surface area contributed by atoms with E-state index in [4.69, 9.17) is 4.74 Å². The van der Waals surface area contributed by atoms with E-state index >= 15 is 0 Å². The fraction of sp³-hybridized carbons (Fsp3) is 0.462. The van der Waals surface area contributed by atoms with E-state index in [1.54, 1.807) is 0 Å². The number of rotatable bonds is 1. The van der Waals surface area contributed by atoms with Crippen molar-refractivity contribution in [2.45, 2.75) is 32.8 Å². The summed E-state index contributed by atoms with van der Waals surface area (Å²) < 4.78 is 5.68. The molecule has 0 saturated carbocycles. The first-order chi connectivity index (χ1) is 7.18. The maximum atomic E-state index is 11.4. The van der Waals surface area contributed by atoms with Crippen molar-refractivity contribution in [2.24, 2.45) is 0 Å². The van der Waals surface area contributed by atoms with Crippen LogP contribution in [0.5, 0.6) is 0 Å². The largest absolute Gasteiger partial charge is 0.373 e. The highest BCUT2D eigenvalue weighted by molar-refractivity contribution is 5.79. The van der Waals surface area contributed by atoms with Crippen LogP contribution in [0.2, 0.25) is 0 Å². The summed E-state index contributed by atoms with van der Waals surface area (Å²) in [7, 11) is 0. The van der Waals surface area contributed by atoms with Crippen LogP contribution >= 0.6 is 0 Å². The summed E-state index contributed by atoms with van der Waals surface area (Å²) in [5.74, 6) is 0.314. The fourth-order valence-corrected chi connectivity index (χ4v) is 2.20. The van der Waals surface area contributed by atoms with Gasteiger partial charge in [-0.1, -0.05) is 18.2 Å². The molecule has 1 atom stereocenters. The molecule has 15 heavy (non-hydrogen) atoms. The lowest BCUT2D eigenvalue weighted by atomic mass is 9.93. The number of aryl methyl sites for hydroxylation is 2. The number of ketones is 1. The molecule has 0 spiro atoms. The van der Waals surface area contributed by atoms with Crippen LogP contribution in [-0.4, -0.2) is 12.4 Å². The molecule has 0 bridgehead atoms. The first-order valence-corrected chi connectivity index (χ1v) is 5.38. The Labute approximate surface area is 90.3 Å². The van der Waals surface area contributed by atoms with E-state index in [1.165, 1.54) is 16.7 Å². The molecular formula is C13H16O2. The molecule has 1 unspecified atom stereocenters. The first-order valence-electron chi connectivity index (χ1n) is 5.38. The molecule has 0 amide bonds. The van der Waals surface area contributed by atoms with Gasteiger partial charge in [-0.2, -0.15) is 0 Å². The van der Waals surface area contributed by atoms with Crippen LogP contribution in [0, 0.1) is 13.8 Å². The van der Waals surface area contributed by atoms with Crippen LogP contribution in [0.25, 0.3) is 0 Å². The molecule has 2 heteroatoms. The zero-order chi connectivity index (χ0) is 10.8. The molecule has 1 aromatic rings. The van der Waals surface area contributed by atoms with Crippen molar-refractivity contribution in [3.8, 4) is 0 Å². The van der Waals surface area contributed by atoms with Crippen LogP contribution < -0.4 is 0 Å². The summed E-state index contributed by atoms with van der Waals surface area (Å²) in [6.45, 7) is 4.72. The summed E-state index contributed by atoms with van der Waals surface area (Å²) >= 11 is 0. The number of hydrogen-bond acceptors (Lipinski definition) is 2. The Balaban J connectivity index is 2.32. The third kappa shape index (κ3) is 2.10. The zero-order valence-electron chi connectivity index (χ0n) is 9.25. The van der Waals surface area contributed by atoms with E-state index in [9.17, 15) is 4.79 Å². The van der Waals surface area contributed by atoms with Gasteiger partial charge in [0.2, 0.25) is 0 Å². The second-order valence-electron chi connectivity index (χ2n) is 4.16. The molecule has 1 aliphatic heterocycles. The van der Waals surface area contributed by atoms with Crippen LogP contribution in [0.3, 0.4) is 0 Å². The highest BCUT2D eigenvalue weighted by Gasteiger charge is 2.23. The molecule has 1 aromatic carbocycles. The predicted octanol–water partition coefficient (Wildman–Crippen LogP) is 2.72. The number of carbonyl (C=O) groups is 1. The Morgan fingerprint density at radius 1 is 1.27 bits per heavy atom. The summed E-state index contributed by atoms with van der Waals surface area (Å²) in [6.07, 6.45) is 1.08. The average Bonchev–Trinajstić information content (AvgIpc) is 2.17. The molecule has 1 fully saturated rings. The standard InChI is InChI=1S/C13H16O2/c1-9-4-3-5-10(2)13(9)12-8-11(14)6-7-15-12/h3-5,12H,6-8H2,1-2H3. The van der Waals surface area contributed by atoms with Gasteiger partial charge in [0.05, 0.1) is 12.7 Å². The van der Waals surface area contributed by atoms with E-state index in [0.29, 0.717) is 25.2 Å². The van der Waals surface area contributed by atoms with Gasteiger partial charge in [0.1, 0.15) is 5.78 Å². The van der Waals surface area contributed by atoms with Crippen LogP contribution in [0.4, 0.5) is 0 Å². The predicted molar refractivity (Wildman–Crippen MR) is 58.9 cm³/mol. The Bertz CT molecular complexity index is 362. The van der Waals surface area contributed by atoms with Crippen LogP contribution in [0.1, 0.15) is 35.6 Å². The van der Waals surface area contributed by atoms with Crippen molar-refractivity contribution in [3.05, 3.63) is 34.9 Å². The van der Waals surface area contributed by atoms with Crippen molar-refractivity contribution in [1.29, 1.82) is 0 Å². The van der Waals surface area contributed by atoms with E-state index in [0.717, 1.165) is 0 Å². The molecule has 0 aromatic heterocycles. The molecule has 1 heterocycles. The smallest absolute Gasteiger partial charge is 0.138 e. The van der Waals surface area contributed by atoms with Gasteiger partial charge >= 0.3 is 0 Å². The molecule has 1 aliphatic rings. The molecule has 80 valence electrons. The Kier molecular flexibility index (Phi) is 2.87. The minimum atomic E-state index is -0.0209. The van der Waals surface area contributed by atoms with E-state index in [1.807, 2.05) is 6.07 Å². The number of ether oxygens (including phenoxy) is 1. The lowest BCUT2D eigenvalue weighted by molar-refractivity contribution is -0.128. The summed E-state index contributed by atoms with van der Waals surface area (Å²) in [5.41, 5.74) is 3.63. The van der Waals surface area contributed by atoms with Crippen molar-refractivity contribution >= 4 is 5.78 Å². The minimum absolute atomic E-state index is 0.0209. The van der Waals surface area contributed by atoms with Gasteiger partial charge in [0.25, 0.3) is 0 Å². The molecule has 2 rings (SSSR count). The van der Waals surface area contributed by atoms with Crippen molar-refractivity contribution in [3.63, 3.8) is 0 Å². The summed E-state index contributed by atoms with van der Waals surface area (Å²) in [5, 5.41) is 0. The van der Waals surface area contributed by atoms with Gasteiger partial charge < -0.3 is 4.74 Å². The van der Waals surface area contributed by atoms with Gasteiger partial charge in [-0.25, -0.2) is 0 Å². The maximum Gasteiger partial charge on any atom is 0.138 e. The maximum absolute atomic E-state index is 11.4. The SMILES string of the molecule is Cc1cccc(C)c1C1CC(=O)CCO1. The third-order valence-electron chi connectivity index (χ3n) is 2.98. The van der Waals surface area contributed by atoms with Crippen molar-refractivity contribution in [2.75, 3.05) is 6.61 Å². The monoisotopic (exact) mass is 204 g/mol. The summed E-state index contributed by atoms with van der Waals surface area (Å²) in [6, 6.07) is 6.19. The minimum Gasteiger partial charge on any atom is -0.373 e. The molecule has 0 aliphatic carbocycles. The van der Waals surface area contributed by atoms with E-state index in [2.05, 4.69) is 26.0 Å². The van der Waals surface area contributed by atoms with Crippen LogP contribution in [0.15, 0.2) is 18.2 Å². The highest BCUT2D eigenvalue weighted by atomic mass is 16.5.